The molecular weight excluding hydrogens is 601 g/mol. The van der Waals surface area contributed by atoms with Crippen LogP contribution in [-0.2, 0) is 24.5 Å². The number of amides is 3. The molecule has 10 heteroatoms. The van der Waals surface area contributed by atoms with Gasteiger partial charge in [-0.1, -0.05) is 93.4 Å². The Labute approximate surface area is 270 Å². The monoisotopic (exact) mass is 643 g/mol. The van der Waals surface area contributed by atoms with E-state index in [0.29, 0.717) is 35.7 Å². The fraction of sp³-hybridized carbons (Fsp3) is 0.529. The highest BCUT2D eigenvalue weighted by Crippen LogP contribution is 2.41. The Morgan fingerprint density at radius 3 is 2.34 bits per heavy atom. The Kier molecular flexibility index (Phi) is 11.4. The van der Waals surface area contributed by atoms with Gasteiger partial charge in [0.15, 0.2) is 0 Å². The van der Waals surface area contributed by atoms with Gasteiger partial charge in [-0.25, -0.2) is 4.79 Å². The van der Waals surface area contributed by atoms with Gasteiger partial charge in [-0.05, 0) is 67.5 Å². The van der Waals surface area contributed by atoms with Gasteiger partial charge in [-0.3, -0.25) is 9.59 Å². The number of carbonyl (C=O) groups is 4. The average Bonchev–Trinajstić information content (AvgIpc) is 3.40. The molecule has 1 saturated heterocycles. The summed E-state index contributed by atoms with van der Waals surface area (Å²) in [6.45, 7) is 6.16. The highest BCUT2D eigenvalue weighted by Gasteiger charge is 2.42. The van der Waals surface area contributed by atoms with Crippen LogP contribution in [0.4, 0.5) is 4.79 Å². The van der Waals surface area contributed by atoms with Crippen molar-refractivity contribution in [2.45, 2.75) is 95.2 Å². The van der Waals surface area contributed by atoms with Crippen LogP contribution in [0, 0.1) is 11.8 Å². The standard InChI is InChI=1S/C34H43Cl2N3O5/c1-33(2,25-10-7-11-27(36)19-25)29(23-12-14-26(35)15-13-23)44-32(43)39-34(3,20-22-8-5-4-6-9-22)31(42)38-28(21-40)18-24-16-17-37-30(24)41/h7,10-15,19,21-22,24,28-29H,4-6,8-9,16-18,20H2,1-3H3,(H,37,41)(H,38,42)(H,39,43)/t24-,28-,29?,34+/m0/s1. The summed E-state index contributed by atoms with van der Waals surface area (Å²) in [5.41, 5.74) is -0.486. The number of benzene rings is 2. The first-order valence-corrected chi connectivity index (χ1v) is 16.2. The number of alkyl carbamates (subject to hydrolysis) is 1. The van der Waals surface area contributed by atoms with Gasteiger partial charge in [0.05, 0.1) is 6.04 Å². The summed E-state index contributed by atoms with van der Waals surface area (Å²) in [4.78, 5) is 51.8. The number of nitrogens with one attached hydrogen (secondary N) is 3. The van der Waals surface area contributed by atoms with Crippen molar-refractivity contribution in [3.63, 3.8) is 0 Å². The van der Waals surface area contributed by atoms with Crippen LogP contribution < -0.4 is 16.0 Å². The highest BCUT2D eigenvalue weighted by molar-refractivity contribution is 6.30. The minimum absolute atomic E-state index is 0.117. The molecule has 238 valence electrons. The SMILES string of the molecule is CC(C)(c1cccc(Cl)c1)C(OC(=O)N[C@](C)(CC1CCCCC1)C(=O)N[C@H](C=O)C[C@@H]1CCNC1=O)c1ccc(Cl)cc1. The molecule has 2 aromatic rings. The molecule has 44 heavy (non-hydrogen) atoms. The fourth-order valence-corrected chi connectivity index (χ4v) is 6.81. The molecule has 3 amide bonds. The van der Waals surface area contributed by atoms with E-state index >= 15 is 0 Å². The third-order valence-electron chi connectivity index (χ3n) is 9.10. The smallest absolute Gasteiger partial charge is 0.408 e. The molecule has 0 bridgehead atoms. The van der Waals surface area contributed by atoms with Crippen molar-refractivity contribution in [3.8, 4) is 0 Å². The van der Waals surface area contributed by atoms with Crippen molar-refractivity contribution < 1.29 is 23.9 Å². The zero-order chi connectivity index (χ0) is 31.9. The minimum Gasteiger partial charge on any atom is -0.440 e. The Morgan fingerprint density at radius 1 is 1.02 bits per heavy atom. The summed E-state index contributed by atoms with van der Waals surface area (Å²) >= 11 is 12.5. The first kappa shape index (κ1) is 33.8. The predicted octanol–water partition coefficient (Wildman–Crippen LogP) is 6.68. The van der Waals surface area contributed by atoms with E-state index in [2.05, 4.69) is 16.0 Å². The van der Waals surface area contributed by atoms with Crippen molar-refractivity contribution in [3.05, 3.63) is 69.7 Å². The summed E-state index contributed by atoms with van der Waals surface area (Å²) in [6, 6.07) is 13.7. The molecule has 0 radical (unpaired) electrons. The molecule has 1 unspecified atom stereocenters. The van der Waals surface area contributed by atoms with Gasteiger partial charge in [0.2, 0.25) is 11.8 Å². The maximum atomic E-state index is 13.9. The lowest BCUT2D eigenvalue weighted by Gasteiger charge is -2.38. The van der Waals surface area contributed by atoms with Crippen LogP contribution in [-0.4, -0.2) is 42.3 Å². The fourth-order valence-electron chi connectivity index (χ4n) is 6.49. The third kappa shape index (κ3) is 8.54. The Hall–Kier alpha value is -3.10. The molecule has 8 nitrogen and oxygen atoms in total. The third-order valence-corrected chi connectivity index (χ3v) is 9.59. The molecule has 1 aliphatic heterocycles. The highest BCUT2D eigenvalue weighted by atomic mass is 35.5. The summed E-state index contributed by atoms with van der Waals surface area (Å²) in [6.07, 6.45) is 5.53. The first-order valence-electron chi connectivity index (χ1n) is 15.5. The number of ether oxygens (including phenoxy) is 1. The molecule has 4 atom stereocenters. The molecule has 1 heterocycles. The summed E-state index contributed by atoms with van der Waals surface area (Å²) in [5, 5.41) is 9.60. The van der Waals surface area contributed by atoms with Crippen LogP contribution in [0.2, 0.25) is 10.0 Å². The van der Waals surface area contributed by atoms with Crippen molar-refractivity contribution >= 4 is 47.4 Å². The lowest BCUT2D eigenvalue weighted by Crippen LogP contribution is -2.60. The summed E-state index contributed by atoms with van der Waals surface area (Å²) in [7, 11) is 0. The predicted molar refractivity (Wildman–Crippen MR) is 172 cm³/mol. The van der Waals surface area contributed by atoms with Crippen molar-refractivity contribution in [1.82, 2.24) is 16.0 Å². The van der Waals surface area contributed by atoms with E-state index in [0.717, 1.165) is 43.2 Å². The van der Waals surface area contributed by atoms with E-state index < -0.39 is 35.1 Å². The Balaban J connectivity index is 1.58. The topological polar surface area (TPSA) is 114 Å². The largest absolute Gasteiger partial charge is 0.440 e. The molecule has 2 fully saturated rings. The van der Waals surface area contributed by atoms with Gasteiger partial charge in [0, 0.05) is 27.9 Å². The van der Waals surface area contributed by atoms with E-state index in [-0.39, 0.29) is 24.2 Å². The molecule has 2 aromatic carbocycles. The Bertz CT molecular complexity index is 1330. The van der Waals surface area contributed by atoms with Gasteiger partial charge in [0.1, 0.15) is 17.9 Å². The van der Waals surface area contributed by atoms with Crippen LogP contribution in [0.15, 0.2) is 48.5 Å². The van der Waals surface area contributed by atoms with Crippen LogP contribution in [0.25, 0.3) is 0 Å². The lowest BCUT2D eigenvalue weighted by molar-refractivity contribution is -0.131. The number of carbonyl (C=O) groups excluding carboxylic acids is 4. The average molecular weight is 645 g/mol. The Morgan fingerprint density at radius 2 is 1.73 bits per heavy atom. The van der Waals surface area contributed by atoms with Gasteiger partial charge in [0.25, 0.3) is 0 Å². The lowest BCUT2D eigenvalue weighted by atomic mass is 9.76. The zero-order valence-electron chi connectivity index (χ0n) is 25.7. The maximum absolute atomic E-state index is 13.9. The minimum atomic E-state index is -1.36. The second kappa shape index (κ2) is 14.8. The van der Waals surface area contributed by atoms with E-state index in [1.54, 1.807) is 25.1 Å². The van der Waals surface area contributed by atoms with E-state index in [9.17, 15) is 19.2 Å². The van der Waals surface area contributed by atoms with Crippen molar-refractivity contribution in [1.29, 1.82) is 0 Å². The van der Waals surface area contributed by atoms with E-state index in [4.69, 9.17) is 27.9 Å². The van der Waals surface area contributed by atoms with Crippen LogP contribution in [0.3, 0.4) is 0 Å². The molecule has 3 N–H and O–H groups in total. The molecule has 2 aliphatic rings. The van der Waals surface area contributed by atoms with Crippen molar-refractivity contribution in [2.24, 2.45) is 11.8 Å². The maximum Gasteiger partial charge on any atom is 0.408 e. The van der Waals surface area contributed by atoms with Gasteiger partial charge in [-0.2, -0.15) is 0 Å². The number of hydrogen-bond acceptors (Lipinski definition) is 5. The number of halogens is 2. The van der Waals surface area contributed by atoms with Gasteiger partial charge >= 0.3 is 6.09 Å². The normalized spacial score (nSPS) is 20.1. The van der Waals surface area contributed by atoms with Gasteiger partial charge < -0.3 is 25.5 Å². The summed E-state index contributed by atoms with van der Waals surface area (Å²) in [5.74, 6) is -0.715. The first-order chi connectivity index (χ1) is 20.9. The van der Waals surface area contributed by atoms with E-state index in [1.807, 2.05) is 44.2 Å². The van der Waals surface area contributed by atoms with Crippen LogP contribution >= 0.6 is 23.2 Å². The molecule has 4 rings (SSSR count). The second-order valence-corrected chi connectivity index (χ2v) is 13.8. The van der Waals surface area contributed by atoms with Crippen molar-refractivity contribution in [2.75, 3.05) is 6.54 Å². The number of hydrogen-bond donors (Lipinski definition) is 3. The quantitative estimate of drug-likeness (QED) is 0.223. The number of aldehydes is 1. The van der Waals surface area contributed by atoms with E-state index in [1.165, 1.54) is 0 Å². The molecule has 1 aliphatic carbocycles. The second-order valence-electron chi connectivity index (χ2n) is 13.0. The number of rotatable bonds is 12. The molecule has 1 saturated carbocycles. The molecular formula is C34H43Cl2N3O5. The van der Waals surface area contributed by atoms with Crippen LogP contribution in [0.1, 0.15) is 89.4 Å². The zero-order valence-corrected chi connectivity index (χ0v) is 27.2. The summed E-state index contributed by atoms with van der Waals surface area (Å²) < 4.78 is 6.18. The molecule has 0 aromatic heterocycles. The van der Waals surface area contributed by atoms with Gasteiger partial charge in [-0.15, -0.1) is 0 Å². The van der Waals surface area contributed by atoms with Crippen LogP contribution in [0.5, 0.6) is 0 Å². The molecule has 0 spiro atoms.